The Morgan fingerprint density at radius 3 is 1.42 bits per heavy atom. The highest BCUT2D eigenvalue weighted by Crippen LogP contribution is 2.19. The molecule has 2 aliphatic rings. The predicted molar refractivity (Wildman–Crippen MR) is 236 cm³/mol. The predicted octanol–water partition coefficient (Wildman–Crippen LogP) is -1.24. The minimum atomic E-state index is -1.40. The minimum absolute atomic E-state index is 0.0148. The standard InChI is InChI=1S/C43H71N9O14/c1-25(2)47-28(14-17-34(55)56)37(61)43(5,6)46-22-21-45-38(62)29(48-40(64)31(16-19-36(59)60)50-42(66)33-13-10-24-52(33)27(4)54)11-7-8-20-44-39(63)30(15-18-35(57)58)49-41(65)32-12-9-23-51(32)26(3)53/h25,28-33,46-47H,7-24H2,1-6H3,(H,44,63)(H,45,62)(H,48,64)(H,49,65)(H,50,66)(H,55,56)(H,57,58)(H,59,60). The van der Waals surface area contributed by atoms with E-state index < -0.39 is 102 Å². The third-order valence-corrected chi connectivity index (χ3v) is 11.4. The molecule has 0 spiro atoms. The van der Waals surface area contributed by atoms with Crippen LogP contribution in [0.15, 0.2) is 0 Å². The number of likely N-dealkylation sites (tertiary alicyclic amines) is 2. The summed E-state index contributed by atoms with van der Waals surface area (Å²) in [5, 5.41) is 47.2. The Morgan fingerprint density at radius 1 is 0.561 bits per heavy atom. The number of hydrogen-bond donors (Lipinski definition) is 10. The van der Waals surface area contributed by atoms with Crippen LogP contribution in [0.4, 0.5) is 0 Å². The van der Waals surface area contributed by atoms with Crippen molar-refractivity contribution in [1.82, 2.24) is 47.0 Å². The van der Waals surface area contributed by atoms with E-state index in [4.69, 9.17) is 0 Å². The van der Waals surface area contributed by atoms with Gasteiger partial charge in [0.1, 0.15) is 30.2 Å². The molecule has 7 amide bonds. The fourth-order valence-electron chi connectivity index (χ4n) is 7.96. The van der Waals surface area contributed by atoms with Gasteiger partial charge in [-0.1, -0.05) is 13.8 Å². The fourth-order valence-corrected chi connectivity index (χ4v) is 7.96. The van der Waals surface area contributed by atoms with Crippen molar-refractivity contribution in [2.75, 3.05) is 32.7 Å². The van der Waals surface area contributed by atoms with Crippen molar-refractivity contribution in [2.24, 2.45) is 0 Å². The van der Waals surface area contributed by atoms with E-state index >= 15 is 0 Å². The first kappa shape index (κ1) is 56.4. The second-order valence-corrected chi connectivity index (χ2v) is 17.6. The van der Waals surface area contributed by atoms with Gasteiger partial charge in [0, 0.05) is 71.9 Å². The fraction of sp³-hybridized carbons (Fsp3) is 0.744. The third-order valence-electron chi connectivity index (χ3n) is 11.4. The highest BCUT2D eigenvalue weighted by molar-refractivity contribution is 5.95. The van der Waals surface area contributed by atoms with E-state index in [1.165, 1.54) is 23.6 Å². The van der Waals surface area contributed by atoms with E-state index in [0.717, 1.165) is 0 Å². The number of amides is 7. The van der Waals surface area contributed by atoms with Crippen LogP contribution in [-0.2, 0) is 52.7 Å². The zero-order chi connectivity index (χ0) is 49.7. The van der Waals surface area contributed by atoms with Crippen LogP contribution in [0.25, 0.3) is 0 Å². The molecule has 2 saturated heterocycles. The molecular weight excluding hydrogens is 867 g/mol. The van der Waals surface area contributed by atoms with Crippen molar-refractivity contribution < 1.29 is 68.1 Å². The quantitative estimate of drug-likeness (QED) is 0.0377. The lowest BCUT2D eigenvalue weighted by Crippen LogP contribution is -2.58. The Labute approximate surface area is 385 Å². The van der Waals surface area contributed by atoms with Gasteiger partial charge in [-0.25, -0.2) is 0 Å². The summed E-state index contributed by atoms with van der Waals surface area (Å²) in [6.07, 6.45) is 0.628. The number of nitrogens with one attached hydrogen (secondary N) is 7. The number of hydrogen-bond acceptors (Lipinski definition) is 13. The Kier molecular flexibility index (Phi) is 23.7. The summed E-state index contributed by atoms with van der Waals surface area (Å²) in [6.45, 7) is 10.3. The molecule has 2 fully saturated rings. The van der Waals surface area contributed by atoms with Gasteiger partial charge in [-0.05, 0) is 78.1 Å². The third kappa shape index (κ3) is 19.4. The molecule has 2 heterocycles. The average molecular weight is 938 g/mol. The van der Waals surface area contributed by atoms with E-state index in [2.05, 4.69) is 37.2 Å². The van der Waals surface area contributed by atoms with Crippen LogP contribution in [0.5, 0.6) is 0 Å². The number of carboxylic acids is 3. The number of rotatable bonds is 30. The van der Waals surface area contributed by atoms with Gasteiger partial charge in [-0.2, -0.15) is 0 Å². The van der Waals surface area contributed by atoms with E-state index in [-0.39, 0.29) is 88.2 Å². The maximum absolute atomic E-state index is 13.8. The summed E-state index contributed by atoms with van der Waals surface area (Å²) < 4.78 is 0. The van der Waals surface area contributed by atoms with E-state index in [9.17, 15) is 68.1 Å². The second kappa shape index (κ2) is 27.7. The lowest BCUT2D eigenvalue weighted by Gasteiger charge is -2.31. The zero-order valence-electron chi connectivity index (χ0n) is 39.0. The van der Waals surface area contributed by atoms with Gasteiger partial charge in [0.05, 0.1) is 11.6 Å². The summed E-state index contributed by atoms with van der Waals surface area (Å²) >= 11 is 0. The minimum Gasteiger partial charge on any atom is -0.481 e. The van der Waals surface area contributed by atoms with Crippen molar-refractivity contribution in [3.05, 3.63) is 0 Å². The molecule has 6 atom stereocenters. The van der Waals surface area contributed by atoms with Gasteiger partial charge in [0.15, 0.2) is 5.78 Å². The Balaban J connectivity index is 2.19. The van der Waals surface area contributed by atoms with Crippen LogP contribution < -0.4 is 37.2 Å². The van der Waals surface area contributed by atoms with E-state index in [0.29, 0.717) is 38.8 Å². The number of ketones is 1. The van der Waals surface area contributed by atoms with Crippen molar-refractivity contribution in [3.8, 4) is 0 Å². The molecular formula is C43H71N9O14. The largest absolute Gasteiger partial charge is 0.481 e. The van der Waals surface area contributed by atoms with E-state index in [1.54, 1.807) is 13.8 Å². The summed E-state index contributed by atoms with van der Waals surface area (Å²) in [5.74, 6) is -7.83. The summed E-state index contributed by atoms with van der Waals surface area (Å²) in [5.41, 5.74) is -1.15. The van der Waals surface area contributed by atoms with Crippen LogP contribution in [0, 0.1) is 0 Å². The van der Waals surface area contributed by atoms with Crippen LogP contribution in [0.2, 0.25) is 0 Å². The molecule has 6 unspecified atom stereocenters. The molecule has 10 N–H and O–H groups in total. The number of carboxylic acid groups (broad SMARTS) is 3. The maximum Gasteiger partial charge on any atom is 0.303 e. The maximum atomic E-state index is 13.8. The zero-order valence-corrected chi connectivity index (χ0v) is 39.0. The monoisotopic (exact) mass is 938 g/mol. The lowest BCUT2D eigenvalue weighted by molar-refractivity contribution is -0.140. The van der Waals surface area contributed by atoms with Gasteiger partial charge >= 0.3 is 17.9 Å². The summed E-state index contributed by atoms with van der Waals surface area (Å²) in [4.78, 5) is 142. The SMILES string of the molecule is CC(=O)N1CCCC1C(=O)NC(CCC(=O)O)C(=O)NCCCCC(NC(=O)C(CCC(=O)O)NC(=O)C1CCCN1C(C)=O)C(=O)NCCNC(C)(C)C(=O)C(CCC(=O)O)NC(C)C. The number of carbonyl (C=O) groups excluding carboxylic acids is 8. The Hall–Kier alpha value is -5.71. The molecule has 0 aromatic carbocycles. The number of Topliss-reactive ketones (excluding diaryl/α,β-unsaturated/α-hetero) is 1. The van der Waals surface area contributed by atoms with Gasteiger partial charge in [0.25, 0.3) is 0 Å². The topological polar surface area (TPSA) is 339 Å². The smallest absolute Gasteiger partial charge is 0.303 e. The van der Waals surface area contributed by atoms with Crippen LogP contribution in [0.3, 0.4) is 0 Å². The first-order valence-corrected chi connectivity index (χ1v) is 22.7. The van der Waals surface area contributed by atoms with Gasteiger partial charge in [-0.15, -0.1) is 0 Å². The Morgan fingerprint density at radius 2 is 0.985 bits per heavy atom. The molecule has 23 nitrogen and oxygen atoms in total. The molecule has 372 valence electrons. The molecule has 0 bridgehead atoms. The molecule has 66 heavy (non-hydrogen) atoms. The lowest BCUT2D eigenvalue weighted by atomic mass is 9.90. The highest BCUT2D eigenvalue weighted by Gasteiger charge is 2.37. The first-order valence-electron chi connectivity index (χ1n) is 22.7. The number of unbranched alkanes of at least 4 members (excludes halogenated alkanes) is 1. The van der Waals surface area contributed by atoms with Crippen LogP contribution in [0.1, 0.15) is 125 Å². The molecule has 0 radical (unpaired) electrons. The highest BCUT2D eigenvalue weighted by atomic mass is 16.4. The number of aliphatic carboxylic acids is 3. The normalized spacial score (nSPS) is 17.8. The van der Waals surface area contributed by atoms with Crippen LogP contribution >= 0.6 is 0 Å². The van der Waals surface area contributed by atoms with Crippen LogP contribution in [-0.4, -0.2) is 171 Å². The van der Waals surface area contributed by atoms with Gasteiger partial charge < -0.3 is 62.3 Å². The molecule has 0 aromatic heterocycles. The summed E-state index contributed by atoms with van der Waals surface area (Å²) in [7, 11) is 0. The van der Waals surface area contributed by atoms with Gasteiger partial charge in [0.2, 0.25) is 41.4 Å². The van der Waals surface area contributed by atoms with Gasteiger partial charge in [-0.3, -0.25) is 52.7 Å². The average Bonchev–Trinajstić information content (AvgIpc) is 3.94. The molecule has 0 aromatic rings. The molecule has 23 heteroatoms. The molecule has 0 aliphatic carbocycles. The van der Waals surface area contributed by atoms with Crippen molar-refractivity contribution in [2.45, 2.75) is 173 Å². The molecule has 2 rings (SSSR count). The number of carbonyl (C=O) groups is 11. The first-order chi connectivity index (χ1) is 30.9. The van der Waals surface area contributed by atoms with E-state index in [1.807, 2.05) is 13.8 Å². The molecule has 0 saturated carbocycles. The summed E-state index contributed by atoms with van der Waals surface area (Å²) in [6, 6.07) is -6.41. The Bertz CT molecular complexity index is 1760. The molecule has 2 aliphatic heterocycles. The van der Waals surface area contributed by atoms with Crippen molar-refractivity contribution in [1.29, 1.82) is 0 Å². The second-order valence-electron chi connectivity index (χ2n) is 17.6. The van der Waals surface area contributed by atoms with Crippen molar-refractivity contribution in [3.63, 3.8) is 0 Å². The number of nitrogens with zero attached hydrogens (tertiary/aromatic N) is 2. The van der Waals surface area contributed by atoms with Crippen molar-refractivity contribution >= 4 is 65.0 Å².